The average molecular weight is 312 g/mol. The Kier molecular flexibility index (Phi) is 10.9. The molecule has 0 spiro atoms. The summed E-state index contributed by atoms with van der Waals surface area (Å²) < 4.78 is 0. The second-order valence-corrected chi connectivity index (χ2v) is 6.12. The van der Waals surface area contributed by atoms with Crippen molar-refractivity contribution < 1.29 is 0 Å². The molecule has 1 heteroatoms. The van der Waals surface area contributed by atoms with Crippen LogP contribution in [0.25, 0.3) is 0 Å². The van der Waals surface area contributed by atoms with Crippen LogP contribution in [0, 0.1) is 5.92 Å². The highest BCUT2D eigenvalue weighted by Gasteiger charge is 2.07. The lowest BCUT2D eigenvalue weighted by Gasteiger charge is -2.12. The zero-order chi connectivity index (χ0) is 16.8. The van der Waals surface area contributed by atoms with Crippen LogP contribution in [0.3, 0.4) is 0 Å². The first kappa shape index (κ1) is 19.4. The molecule has 0 amide bonds. The zero-order valence-electron chi connectivity index (χ0n) is 15.2. The highest BCUT2D eigenvalue weighted by atomic mass is 14.7. The van der Waals surface area contributed by atoms with Gasteiger partial charge in [0, 0.05) is 6.54 Å². The summed E-state index contributed by atoms with van der Waals surface area (Å²) in [6, 6.07) is 0. The van der Waals surface area contributed by atoms with E-state index < -0.39 is 0 Å². The molecule has 0 saturated heterocycles. The smallest absolute Gasteiger partial charge is 0.0640 e. The molecule has 0 heterocycles. The van der Waals surface area contributed by atoms with Gasteiger partial charge in [-0.1, -0.05) is 68.9 Å². The van der Waals surface area contributed by atoms with Crippen molar-refractivity contribution in [2.24, 2.45) is 10.9 Å². The second-order valence-electron chi connectivity index (χ2n) is 6.12. The molecule has 0 fully saturated rings. The van der Waals surface area contributed by atoms with E-state index in [1.54, 1.807) is 0 Å². The SMILES string of the molecule is C/C=C\C=C/CCCCCN=C(/C=C\CC)C1=CC(C)CC=C1. The van der Waals surface area contributed by atoms with Crippen molar-refractivity contribution in [3.8, 4) is 0 Å². The van der Waals surface area contributed by atoms with Gasteiger partial charge in [-0.05, 0) is 56.6 Å². The van der Waals surface area contributed by atoms with Gasteiger partial charge >= 0.3 is 0 Å². The molecule has 1 aliphatic carbocycles. The van der Waals surface area contributed by atoms with Crippen LogP contribution in [-0.4, -0.2) is 12.3 Å². The largest absolute Gasteiger partial charge is 0.285 e. The molecule has 0 aromatic rings. The third kappa shape index (κ3) is 9.18. The number of hydrogen-bond acceptors (Lipinski definition) is 1. The minimum atomic E-state index is 0.624. The first-order valence-corrected chi connectivity index (χ1v) is 9.15. The Morgan fingerprint density at radius 3 is 2.83 bits per heavy atom. The maximum absolute atomic E-state index is 4.85. The molecule has 1 rings (SSSR count). The normalized spacial score (nSPS) is 19.3. The number of aliphatic imine (C=N–C) groups is 1. The Balaban J connectivity index is 2.42. The standard InChI is InChI=1S/C22H33N/c1-4-6-8-9-10-11-12-13-18-23-22(17-7-5-2)21-16-14-15-20(3)19-21/h4,6-9,14,16-17,19-20H,5,10-13,15,18H2,1-3H3/b6-4-,9-8-,17-7-,23-22?. The zero-order valence-corrected chi connectivity index (χ0v) is 15.2. The summed E-state index contributed by atoms with van der Waals surface area (Å²) in [7, 11) is 0. The highest BCUT2D eigenvalue weighted by Crippen LogP contribution is 2.18. The van der Waals surface area contributed by atoms with E-state index in [1.165, 1.54) is 31.3 Å². The average Bonchev–Trinajstić information content (AvgIpc) is 2.56. The number of rotatable bonds is 10. The minimum absolute atomic E-state index is 0.624. The fraction of sp³-hybridized carbons (Fsp3) is 0.500. The van der Waals surface area contributed by atoms with Gasteiger partial charge in [0.15, 0.2) is 0 Å². The molecular formula is C22H33N. The molecule has 0 aliphatic heterocycles. The van der Waals surface area contributed by atoms with Crippen LogP contribution in [0.2, 0.25) is 0 Å². The van der Waals surface area contributed by atoms with Crippen LogP contribution in [0.5, 0.6) is 0 Å². The van der Waals surface area contributed by atoms with Crippen LogP contribution >= 0.6 is 0 Å². The Labute approximate surface area is 143 Å². The summed E-state index contributed by atoms with van der Waals surface area (Å²) in [4.78, 5) is 4.85. The Hall–Kier alpha value is -1.63. The molecule has 0 radical (unpaired) electrons. The molecule has 1 nitrogen and oxygen atoms in total. The maximum Gasteiger partial charge on any atom is 0.0640 e. The monoisotopic (exact) mass is 311 g/mol. The molecular weight excluding hydrogens is 278 g/mol. The van der Waals surface area contributed by atoms with Crippen LogP contribution < -0.4 is 0 Å². The van der Waals surface area contributed by atoms with Crippen molar-refractivity contribution in [1.29, 1.82) is 0 Å². The first-order valence-electron chi connectivity index (χ1n) is 9.15. The van der Waals surface area contributed by atoms with E-state index in [0.717, 1.165) is 25.1 Å². The van der Waals surface area contributed by atoms with E-state index in [0.29, 0.717) is 5.92 Å². The van der Waals surface area contributed by atoms with Gasteiger partial charge in [-0.25, -0.2) is 0 Å². The third-order valence-electron chi connectivity index (χ3n) is 3.83. The van der Waals surface area contributed by atoms with Gasteiger partial charge in [0.05, 0.1) is 5.71 Å². The topological polar surface area (TPSA) is 12.4 Å². The van der Waals surface area contributed by atoms with E-state index in [-0.39, 0.29) is 0 Å². The Bertz CT molecular complexity index is 486. The number of hydrogen-bond donors (Lipinski definition) is 0. The number of nitrogens with zero attached hydrogens (tertiary/aromatic N) is 1. The van der Waals surface area contributed by atoms with Crippen molar-refractivity contribution in [2.45, 2.75) is 59.3 Å². The second kappa shape index (κ2) is 12.9. The van der Waals surface area contributed by atoms with Crippen LogP contribution in [-0.2, 0) is 0 Å². The van der Waals surface area contributed by atoms with E-state index in [9.17, 15) is 0 Å². The van der Waals surface area contributed by atoms with Gasteiger partial charge in [-0.3, -0.25) is 4.99 Å². The molecule has 0 aromatic heterocycles. The van der Waals surface area contributed by atoms with Crippen LogP contribution in [0.15, 0.2) is 65.2 Å². The Morgan fingerprint density at radius 2 is 2.09 bits per heavy atom. The van der Waals surface area contributed by atoms with Crippen LogP contribution in [0.1, 0.15) is 59.3 Å². The molecule has 1 unspecified atom stereocenters. The molecule has 126 valence electrons. The van der Waals surface area contributed by atoms with E-state index in [1.807, 2.05) is 6.92 Å². The van der Waals surface area contributed by atoms with E-state index >= 15 is 0 Å². The fourth-order valence-electron chi connectivity index (χ4n) is 2.52. The van der Waals surface area contributed by atoms with Gasteiger partial charge in [-0.2, -0.15) is 0 Å². The molecule has 1 aliphatic rings. The van der Waals surface area contributed by atoms with Gasteiger partial charge < -0.3 is 0 Å². The predicted molar refractivity (Wildman–Crippen MR) is 105 cm³/mol. The lowest BCUT2D eigenvalue weighted by molar-refractivity contribution is 0.696. The summed E-state index contributed by atoms with van der Waals surface area (Å²) in [5, 5.41) is 0. The van der Waals surface area contributed by atoms with Gasteiger partial charge in [0.2, 0.25) is 0 Å². The molecule has 0 bridgehead atoms. The summed E-state index contributed by atoms with van der Waals surface area (Å²) in [6.45, 7) is 7.42. The summed E-state index contributed by atoms with van der Waals surface area (Å²) in [5.74, 6) is 0.624. The van der Waals surface area contributed by atoms with Crippen LogP contribution in [0.4, 0.5) is 0 Å². The van der Waals surface area contributed by atoms with Gasteiger partial charge in [0.25, 0.3) is 0 Å². The van der Waals surface area contributed by atoms with Gasteiger partial charge in [0.1, 0.15) is 0 Å². The van der Waals surface area contributed by atoms with Gasteiger partial charge in [-0.15, -0.1) is 0 Å². The van der Waals surface area contributed by atoms with Crippen molar-refractivity contribution >= 4 is 5.71 Å². The predicted octanol–water partition coefficient (Wildman–Crippen LogP) is 6.61. The molecule has 23 heavy (non-hydrogen) atoms. The maximum atomic E-state index is 4.85. The quantitative estimate of drug-likeness (QED) is 0.244. The van der Waals surface area contributed by atoms with Crippen molar-refractivity contribution in [3.63, 3.8) is 0 Å². The lowest BCUT2D eigenvalue weighted by Crippen LogP contribution is -2.05. The summed E-state index contributed by atoms with van der Waals surface area (Å²) in [6.07, 6.45) is 26.8. The fourth-order valence-corrected chi connectivity index (χ4v) is 2.52. The number of unbranched alkanes of at least 4 members (excludes halogenated alkanes) is 3. The molecule has 0 N–H and O–H groups in total. The first-order chi connectivity index (χ1) is 11.3. The van der Waals surface area contributed by atoms with Crippen molar-refractivity contribution in [2.75, 3.05) is 6.54 Å². The summed E-state index contributed by atoms with van der Waals surface area (Å²) >= 11 is 0. The molecule has 0 aromatic carbocycles. The van der Waals surface area contributed by atoms with Crippen molar-refractivity contribution in [3.05, 3.63) is 60.3 Å². The summed E-state index contributed by atoms with van der Waals surface area (Å²) in [5.41, 5.74) is 2.45. The van der Waals surface area contributed by atoms with Crippen molar-refractivity contribution in [1.82, 2.24) is 0 Å². The Morgan fingerprint density at radius 1 is 1.22 bits per heavy atom. The molecule has 1 atom stereocenters. The lowest BCUT2D eigenvalue weighted by atomic mass is 9.95. The van der Waals surface area contributed by atoms with E-state index in [2.05, 4.69) is 68.5 Å². The third-order valence-corrected chi connectivity index (χ3v) is 3.83. The highest BCUT2D eigenvalue weighted by molar-refractivity contribution is 6.10. The number of allylic oxidation sites excluding steroid dienone is 10. The minimum Gasteiger partial charge on any atom is -0.285 e. The molecule has 0 saturated carbocycles. The van der Waals surface area contributed by atoms with E-state index in [4.69, 9.17) is 4.99 Å².